The van der Waals surface area contributed by atoms with Crippen molar-refractivity contribution < 1.29 is 13.5 Å². The lowest BCUT2D eigenvalue weighted by molar-refractivity contribution is 0.483. The van der Waals surface area contributed by atoms with Crippen molar-refractivity contribution in [1.82, 2.24) is 9.55 Å². The summed E-state index contributed by atoms with van der Waals surface area (Å²) in [4.78, 5) is 8.66. The van der Waals surface area contributed by atoms with E-state index in [9.17, 15) is 0 Å². The normalized spacial score (nSPS) is 12.8. The zero-order valence-electron chi connectivity index (χ0n) is 37.9. The van der Waals surface area contributed by atoms with E-state index in [-0.39, 0.29) is 29.6 Å². The molecular formula is C58H52F2N4O. The van der Waals surface area contributed by atoms with Crippen molar-refractivity contribution in [3.05, 3.63) is 192 Å². The molecule has 0 bridgehead atoms. The quantitative estimate of drug-likeness (QED) is 0.145. The molecule has 0 saturated carbocycles. The van der Waals surface area contributed by atoms with Crippen LogP contribution in [0.25, 0.3) is 49.9 Å². The molecule has 0 unspecified atom stereocenters. The number of anilines is 4. The fourth-order valence-corrected chi connectivity index (χ4v) is 9.44. The van der Waals surface area contributed by atoms with Crippen molar-refractivity contribution in [1.29, 1.82) is 0 Å². The highest BCUT2D eigenvalue weighted by Crippen LogP contribution is 2.50. The van der Waals surface area contributed by atoms with Crippen molar-refractivity contribution in [2.75, 3.05) is 16.5 Å². The maximum Gasteiger partial charge on any atom is 0.149 e. The first kappa shape index (κ1) is 41.7. The summed E-state index contributed by atoms with van der Waals surface area (Å²) < 4.78 is 40.9. The second-order valence-corrected chi connectivity index (χ2v) is 18.8. The Hall–Kier alpha value is -7.25. The number of halogens is 2. The number of rotatable bonds is 9. The summed E-state index contributed by atoms with van der Waals surface area (Å²) in [6.45, 7) is 15.6. The zero-order valence-corrected chi connectivity index (χ0v) is 37.9. The van der Waals surface area contributed by atoms with Gasteiger partial charge in [-0.3, -0.25) is 4.57 Å². The third kappa shape index (κ3) is 7.59. The summed E-state index contributed by atoms with van der Waals surface area (Å²) in [6, 6.07) is 52.5. The van der Waals surface area contributed by atoms with Crippen LogP contribution in [0.2, 0.25) is 0 Å². The summed E-state index contributed by atoms with van der Waals surface area (Å²) in [5.41, 5.74) is 12.2. The first-order chi connectivity index (χ1) is 31.3. The summed E-state index contributed by atoms with van der Waals surface area (Å²) >= 11 is 0. The Morgan fingerprint density at radius 2 is 1.25 bits per heavy atom. The van der Waals surface area contributed by atoms with E-state index in [1.807, 2.05) is 36.5 Å². The molecule has 1 aliphatic rings. The standard InChI is InChI=1S/C58H52F2N4O/c1-36(2)47-30-39(38-16-9-8-10-17-38)31-48(37(3)4)56(47)40-28-42(62-35-63(57-49(59)19-15-20-50(57)60)54-32-41(58(5,6)7)23-26-52(54)62)33-44(29-40)65-43-24-25-46-45-18-11-12-21-51(45)64(53(46)34-43)55-22-13-14-27-61-55/h8-34,36-37H,35H2,1-7H3. The molecule has 7 heteroatoms. The number of benzene rings is 7. The van der Waals surface area contributed by atoms with E-state index in [0.29, 0.717) is 11.5 Å². The first-order valence-corrected chi connectivity index (χ1v) is 22.5. The van der Waals surface area contributed by atoms with Crippen LogP contribution in [0.3, 0.4) is 0 Å². The first-order valence-electron chi connectivity index (χ1n) is 22.5. The van der Waals surface area contributed by atoms with Crippen LogP contribution >= 0.6 is 0 Å². The monoisotopic (exact) mass is 858 g/mol. The van der Waals surface area contributed by atoms with Crippen molar-refractivity contribution >= 4 is 44.6 Å². The minimum absolute atomic E-state index is 0.0766. The van der Waals surface area contributed by atoms with Crippen molar-refractivity contribution in [3.63, 3.8) is 0 Å². The maximum atomic E-state index is 15.8. The molecule has 0 saturated heterocycles. The van der Waals surface area contributed by atoms with Gasteiger partial charge in [-0.15, -0.1) is 0 Å². The van der Waals surface area contributed by atoms with Gasteiger partial charge in [0.05, 0.1) is 22.4 Å². The van der Waals surface area contributed by atoms with E-state index in [1.165, 1.54) is 40.5 Å². The summed E-state index contributed by atoms with van der Waals surface area (Å²) in [5, 5.41) is 2.22. The number of nitrogens with zero attached hydrogens (tertiary/aromatic N) is 4. The van der Waals surface area contributed by atoms with Gasteiger partial charge in [0.25, 0.3) is 0 Å². The highest BCUT2D eigenvalue weighted by molar-refractivity contribution is 6.09. The fraction of sp³-hybridized carbons (Fsp3) is 0.190. The largest absolute Gasteiger partial charge is 0.457 e. The SMILES string of the molecule is CC(C)c1cc(-c2ccccc2)cc(C(C)C)c1-c1cc(Oc2ccc3c4ccccc4n(-c4ccccn4)c3c2)cc(N2CN(c3c(F)cccc3F)c3cc(C(C)(C)C)ccc32)c1. The average molecular weight is 859 g/mol. The molecule has 0 fully saturated rings. The van der Waals surface area contributed by atoms with Gasteiger partial charge in [-0.25, -0.2) is 13.8 Å². The lowest BCUT2D eigenvalue weighted by atomic mass is 9.82. The van der Waals surface area contributed by atoms with Crippen LogP contribution in [-0.2, 0) is 5.41 Å². The Morgan fingerprint density at radius 1 is 0.554 bits per heavy atom. The third-order valence-electron chi connectivity index (χ3n) is 12.7. The highest BCUT2D eigenvalue weighted by Gasteiger charge is 2.34. The van der Waals surface area contributed by atoms with E-state index >= 15 is 8.78 Å². The number of para-hydroxylation sites is 2. The molecule has 5 nitrogen and oxygen atoms in total. The van der Waals surface area contributed by atoms with Gasteiger partial charge in [0.15, 0.2) is 0 Å². The van der Waals surface area contributed by atoms with Gasteiger partial charge in [0, 0.05) is 34.8 Å². The minimum atomic E-state index is -0.614. The molecule has 0 amide bonds. The second-order valence-electron chi connectivity index (χ2n) is 18.8. The van der Waals surface area contributed by atoms with Gasteiger partial charge in [0.2, 0.25) is 0 Å². The van der Waals surface area contributed by atoms with Crippen LogP contribution in [0, 0.1) is 11.6 Å². The lowest BCUT2D eigenvalue weighted by Crippen LogP contribution is -2.25. The highest BCUT2D eigenvalue weighted by atomic mass is 19.1. The van der Waals surface area contributed by atoms with Crippen LogP contribution in [0.1, 0.15) is 77.0 Å². The molecule has 1 aliphatic heterocycles. The van der Waals surface area contributed by atoms with Crippen molar-refractivity contribution in [3.8, 4) is 39.6 Å². The Morgan fingerprint density at radius 3 is 1.94 bits per heavy atom. The summed E-state index contributed by atoms with van der Waals surface area (Å²) in [5.74, 6) is 1.28. The number of hydrogen-bond donors (Lipinski definition) is 0. The second kappa shape index (κ2) is 16.4. The van der Waals surface area contributed by atoms with Gasteiger partial charge in [-0.05, 0) is 123 Å². The van der Waals surface area contributed by atoms with Crippen molar-refractivity contribution in [2.24, 2.45) is 0 Å². The Bertz CT molecular complexity index is 3190. The van der Waals surface area contributed by atoms with Crippen LogP contribution in [-0.4, -0.2) is 16.2 Å². The summed E-state index contributed by atoms with van der Waals surface area (Å²) in [6.07, 6.45) is 1.81. The number of aromatic nitrogens is 2. The molecule has 65 heavy (non-hydrogen) atoms. The van der Waals surface area contributed by atoms with Gasteiger partial charge in [-0.2, -0.15) is 0 Å². The van der Waals surface area contributed by atoms with E-state index < -0.39 is 11.6 Å². The van der Waals surface area contributed by atoms with E-state index in [2.05, 4.69) is 167 Å². The van der Waals surface area contributed by atoms with E-state index in [1.54, 1.807) is 4.90 Å². The van der Waals surface area contributed by atoms with Crippen LogP contribution in [0.15, 0.2) is 164 Å². The average Bonchev–Trinajstić information content (AvgIpc) is 3.84. The molecule has 7 aromatic carbocycles. The Balaban J connectivity index is 1.19. The van der Waals surface area contributed by atoms with Crippen LogP contribution < -0.4 is 14.5 Å². The summed E-state index contributed by atoms with van der Waals surface area (Å²) in [7, 11) is 0. The number of hydrogen-bond acceptors (Lipinski definition) is 4. The Kier molecular flexibility index (Phi) is 10.5. The van der Waals surface area contributed by atoms with Gasteiger partial charge in [-0.1, -0.05) is 127 Å². The number of fused-ring (bicyclic) bond motifs is 4. The molecule has 324 valence electrons. The molecule has 0 spiro atoms. The van der Waals surface area contributed by atoms with Gasteiger partial charge < -0.3 is 14.5 Å². The van der Waals surface area contributed by atoms with E-state index in [4.69, 9.17) is 9.72 Å². The van der Waals surface area contributed by atoms with Crippen LogP contribution in [0.4, 0.5) is 31.5 Å². The molecule has 0 atom stereocenters. The van der Waals surface area contributed by atoms with E-state index in [0.717, 1.165) is 61.4 Å². The topological polar surface area (TPSA) is 33.5 Å². The Labute approximate surface area is 380 Å². The van der Waals surface area contributed by atoms with Gasteiger partial charge >= 0.3 is 0 Å². The maximum absolute atomic E-state index is 15.8. The molecule has 0 radical (unpaired) electrons. The molecule has 2 aromatic heterocycles. The molecule has 3 heterocycles. The van der Waals surface area contributed by atoms with Crippen molar-refractivity contribution in [2.45, 2.75) is 65.7 Å². The fourth-order valence-electron chi connectivity index (χ4n) is 9.44. The molecule has 0 aliphatic carbocycles. The van der Waals surface area contributed by atoms with Gasteiger partial charge in [0.1, 0.15) is 41.3 Å². The molecule has 9 aromatic rings. The molecule has 10 rings (SSSR count). The minimum Gasteiger partial charge on any atom is -0.457 e. The third-order valence-corrected chi connectivity index (χ3v) is 12.7. The number of pyridine rings is 1. The van der Waals surface area contributed by atoms with Crippen LogP contribution in [0.5, 0.6) is 11.5 Å². The molecular weight excluding hydrogens is 807 g/mol. The number of ether oxygens (including phenoxy) is 1. The predicted molar refractivity (Wildman–Crippen MR) is 265 cm³/mol. The predicted octanol–water partition coefficient (Wildman–Crippen LogP) is 16.4. The lowest BCUT2D eigenvalue weighted by Gasteiger charge is -2.26. The molecule has 0 N–H and O–H groups in total. The smallest absolute Gasteiger partial charge is 0.149 e. The zero-order chi connectivity index (χ0) is 45.1.